The van der Waals surface area contributed by atoms with E-state index in [2.05, 4.69) is 16.0 Å². The lowest BCUT2D eigenvalue weighted by molar-refractivity contribution is -0.147. The molecule has 0 aromatic rings. The van der Waals surface area contributed by atoms with Gasteiger partial charge in [0.1, 0.15) is 17.7 Å². The smallest absolute Gasteiger partial charge is 0.408 e. The largest absolute Gasteiger partial charge is 0.464 e. The standard InChI is InChI=1S/C21H41N5O6/c1-5-31-19(29)16(11-7-9-13-23)25-17(27)14-24-18(28)15(10-6-8-12-22)26-20(30)32-21(2,3)4/h15-16H,5-14,22-23H2,1-4H3,(H,24,28)(H,25,27)(H,26,30)/t15-,16-/m0/s1. The first kappa shape index (κ1) is 29.6. The Morgan fingerprint density at radius 2 is 1.44 bits per heavy atom. The summed E-state index contributed by atoms with van der Waals surface area (Å²) in [6.07, 6.45) is 2.66. The number of rotatable bonds is 15. The van der Waals surface area contributed by atoms with Crippen LogP contribution in [0.25, 0.3) is 0 Å². The van der Waals surface area contributed by atoms with Gasteiger partial charge in [0.25, 0.3) is 0 Å². The highest BCUT2D eigenvalue weighted by Gasteiger charge is 2.25. The molecule has 0 heterocycles. The molecule has 0 saturated heterocycles. The van der Waals surface area contributed by atoms with Gasteiger partial charge in [-0.25, -0.2) is 9.59 Å². The van der Waals surface area contributed by atoms with E-state index in [4.69, 9.17) is 20.9 Å². The van der Waals surface area contributed by atoms with Crippen LogP contribution in [0, 0.1) is 0 Å². The third-order valence-electron chi connectivity index (χ3n) is 4.23. The lowest BCUT2D eigenvalue weighted by Gasteiger charge is -2.23. The van der Waals surface area contributed by atoms with Crippen LogP contribution in [0.3, 0.4) is 0 Å². The van der Waals surface area contributed by atoms with E-state index in [1.807, 2.05) is 0 Å². The van der Waals surface area contributed by atoms with E-state index in [-0.39, 0.29) is 13.2 Å². The number of alkyl carbamates (subject to hydrolysis) is 1. The Balaban J connectivity index is 4.86. The molecule has 7 N–H and O–H groups in total. The first-order valence-electron chi connectivity index (χ1n) is 11.2. The molecule has 0 bridgehead atoms. The Morgan fingerprint density at radius 3 is 1.94 bits per heavy atom. The van der Waals surface area contributed by atoms with Crippen LogP contribution in [0.1, 0.15) is 66.2 Å². The summed E-state index contributed by atoms with van der Waals surface area (Å²) in [7, 11) is 0. The second-order valence-corrected chi connectivity index (χ2v) is 8.36. The first-order valence-corrected chi connectivity index (χ1v) is 11.2. The Kier molecular flexibility index (Phi) is 15.0. The van der Waals surface area contributed by atoms with E-state index in [0.717, 1.165) is 0 Å². The highest BCUT2D eigenvalue weighted by atomic mass is 16.6. The normalized spacial score (nSPS) is 12.9. The maximum absolute atomic E-state index is 12.6. The van der Waals surface area contributed by atoms with Crippen LogP contribution in [-0.4, -0.2) is 67.8 Å². The molecule has 2 atom stereocenters. The summed E-state index contributed by atoms with van der Waals surface area (Å²) in [5.41, 5.74) is 10.3. The Labute approximate surface area is 190 Å². The van der Waals surface area contributed by atoms with Crippen LogP contribution in [0.2, 0.25) is 0 Å². The molecule has 3 amide bonds. The summed E-state index contributed by atoms with van der Waals surface area (Å²) in [4.78, 5) is 49.0. The van der Waals surface area contributed by atoms with Crippen molar-refractivity contribution in [2.45, 2.75) is 83.9 Å². The molecule has 11 nitrogen and oxygen atoms in total. The molecular formula is C21H41N5O6. The summed E-state index contributed by atoms with van der Waals surface area (Å²) in [6.45, 7) is 7.61. The van der Waals surface area contributed by atoms with Crippen molar-refractivity contribution < 1.29 is 28.7 Å². The minimum Gasteiger partial charge on any atom is -0.464 e. The minimum atomic E-state index is -0.880. The number of esters is 1. The average Bonchev–Trinajstić information content (AvgIpc) is 2.69. The molecule has 0 unspecified atom stereocenters. The summed E-state index contributed by atoms with van der Waals surface area (Å²) >= 11 is 0. The zero-order valence-electron chi connectivity index (χ0n) is 19.8. The summed E-state index contributed by atoms with van der Waals surface area (Å²) < 4.78 is 10.2. The Bertz CT molecular complexity index is 594. The van der Waals surface area contributed by atoms with Crippen molar-refractivity contribution >= 4 is 23.9 Å². The number of amides is 3. The average molecular weight is 460 g/mol. The number of ether oxygens (including phenoxy) is 2. The zero-order chi connectivity index (χ0) is 24.6. The van der Waals surface area contributed by atoms with Gasteiger partial charge in [-0.3, -0.25) is 9.59 Å². The number of unbranched alkanes of at least 4 members (excludes halogenated alkanes) is 2. The highest BCUT2D eigenvalue weighted by molar-refractivity contribution is 5.91. The number of nitrogens with one attached hydrogen (secondary N) is 3. The summed E-state index contributed by atoms with van der Waals surface area (Å²) in [6, 6.07) is -1.69. The molecule has 0 rings (SSSR count). The molecule has 0 fully saturated rings. The quantitative estimate of drug-likeness (QED) is 0.172. The molecule has 0 aliphatic rings. The van der Waals surface area contributed by atoms with Crippen molar-refractivity contribution in [1.29, 1.82) is 0 Å². The maximum Gasteiger partial charge on any atom is 0.408 e. The molecule has 0 aliphatic carbocycles. The van der Waals surface area contributed by atoms with Crippen molar-refractivity contribution in [3.8, 4) is 0 Å². The van der Waals surface area contributed by atoms with E-state index in [1.54, 1.807) is 27.7 Å². The van der Waals surface area contributed by atoms with Gasteiger partial charge in [0.15, 0.2) is 0 Å². The number of carbonyl (C=O) groups excluding carboxylic acids is 4. The number of hydrogen-bond donors (Lipinski definition) is 5. The van der Waals surface area contributed by atoms with Crippen LogP contribution in [0.5, 0.6) is 0 Å². The van der Waals surface area contributed by atoms with Gasteiger partial charge >= 0.3 is 12.1 Å². The molecule has 11 heteroatoms. The molecular weight excluding hydrogens is 418 g/mol. The topological polar surface area (TPSA) is 175 Å². The number of hydrogen-bond acceptors (Lipinski definition) is 8. The highest BCUT2D eigenvalue weighted by Crippen LogP contribution is 2.08. The van der Waals surface area contributed by atoms with Gasteiger partial charge in [-0.15, -0.1) is 0 Å². The van der Waals surface area contributed by atoms with E-state index in [9.17, 15) is 19.2 Å². The van der Waals surface area contributed by atoms with Gasteiger partial charge in [-0.1, -0.05) is 0 Å². The van der Waals surface area contributed by atoms with E-state index < -0.39 is 41.6 Å². The first-order chi connectivity index (χ1) is 15.0. The Morgan fingerprint density at radius 1 is 0.875 bits per heavy atom. The van der Waals surface area contributed by atoms with Crippen molar-refractivity contribution in [1.82, 2.24) is 16.0 Å². The maximum atomic E-state index is 12.6. The molecule has 0 aromatic carbocycles. The summed E-state index contributed by atoms with van der Waals surface area (Å²) in [5.74, 6) is -1.60. The van der Waals surface area contributed by atoms with Crippen LogP contribution < -0.4 is 27.4 Å². The van der Waals surface area contributed by atoms with E-state index in [0.29, 0.717) is 51.6 Å². The van der Waals surface area contributed by atoms with Crippen LogP contribution in [-0.2, 0) is 23.9 Å². The second kappa shape index (κ2) is 16.3. The molecule has 0 aliphatic heterocycles. The molecule has 186 valence electrons. The predicted molar refractivity (Wildman–Crippen MR) is 121 cm³/mol. The monoisotopic (exact) mass is 459 g/mol. The molecule has 0 radical (unpaired) electrons. The van der Waals surface area contributed by atoms with Crippen LogP contribution in [0.15, 0.2) is 0 Å². The van der Waals surface area contributed by atoms with Crippen LogP contribution in [0.4, 0.5) is 4.79 Å². The van der Waals surface area contributed by atoms with E-state index in [1.165, 1.54) is 0 Å². The van der Waals surface area contributed by atoms with Gasteiger partial charge in [-0.05, 0) is 79.3 Å². The predicted octanol–water partition coefficient (Wildman–Crippen LogP) is 0.302. The number of carbonyl (C=O) groups is 4. The van der Waals surface area contributed by atoms with Crippen molar-refractivity contribution in [2.75, 3.05) is 26.2 Å². The summed E-state index contributed by atoms with van der Waals surface area (Å²) in [5, 5.41) is 7.61. The zero-order valence-corrected chi connectivity index (χ0v) is 19.8. The Hall–Kier alpha value is -2.40. The van der Waals surface area contributed by atoms with Gasteiger partial charge < -0.3 is 36.9 Å². The van der Waals surface area contributed by atoms with Crippen LogP contribution >= 0.6 is 0 Å². The number of nitrogens with two attached hydrogens (primary N) is 2. The van der Waals surface area contributed by atoms with Crippen molar-refractivity contribution in [3.05, 3.63) is 0 Å². The molecule has 32 heavy (non-hydrogen) atoms. The van der Waals surface area contributed by atoms with Gasteiger partial charge in [0.05, 0.1) is 13.2 Å². The fraction of sp³-hybridized carbons (Fsp3) is 0.810. The lowest BCUT2D eigenvalue weighted by atomic mass is 10.1. The third kappa shape index (κ3) is 14.6. The SMILES string of the molecule is CCOC(=O)[C@H](CCCCN)NC(=O)CNC(=O)[C@H](CCCCN)NC(=O)OC(C)(C)C. The fourth-order valence-corrected chi connectivity index (χ4v) is 2.73. The molecule has 0 aromatic heterocycles. The van der Waals surface area contributed by atoms with Crippen molar-refractivity contribution in [2.24, 2.45) is 11.5 Å². The second-order valence-electron chi connectivity index (χ2n) is 8.36. The van der Waals surface area contributed by atoms with Crippen molar-refractivity contribution in [3.63, 3.8) is 0 Å². The molecule has 0 spiro atoms. The van der Waals surface area contributed by atoms with Gasteiger partial charge in [-0.2, -0.15) is 0 Å². The molecule has 0 saturated carbocycles. The lowest BCUT2D eigenvalue weighted by Crippen LogP contribution is -2.51. The van der Waals surface area contributed by atoms with Gasteiger partial charge in [0, 0.05) is 0 Å². The fourth-order valence-electron chi connectivity index (χ4n) is 2.73. The van der Waals surface area contributed by atoms with Gasteiger partial charge in [0.2, 0.25) is 11.8 Å². The third-order valence-corrected chi connectivity index (χ3v) is 4.23. The van der Waals surface area contributed by atoms with E-state index >= 15 is 0 Å². The minimum absolute atomic E-state index is 0.194.